The first kappa shape index (κ1) is 24.6. The van der Waals surface area contributed by atoms with E-state index >= 15 is 0 Å². The SMILES string of the molecule is Cc1ccc(S(=O)(=O)N(CC(=O)NCc2cccc(C(=O)O)c2)c2cccc(Cl)c2Cl)cc1. The van der Waals surface area contributed by atoms with Crippen molar-refractivity contribution in [1.82, 2.24) is 5.32 Å². The van der Waals surface area contributed by atoms with E-state index < -0.39 is 28.4 Å². The Morgan fingerprint density at radius 1 is 1.00 bits per heavy atom. The quantitative estimate of drug-likeness (QED) is 0.467. The number of sulfonamides is 1. The molecule has 0 aliphatic carbocycles. The molecule has 0 unspecified atom stereocenters. The summed E-state index contributed by atoms with van der Waals surface area (Å²) in [6, 6.07) is 16.8. The van der Waals surface area contributed by atoms with E-state index in [1.54, 1.807) is 24.3 Å². The highest BCUT2D eigenvalue weighted by Crippen LogP contribution is 2.35. The van der Waals surface area contributed by atoms with E-state index in [9.17, 15) is 18.0 Å². The van der Waals surface area contributed by atoms with Crippen molar-refractivity contribution < 1.29 is 23.1 Å². The van der Waals surface area contributed by atoms with E-state index in [0.29, 0.717) is 5.56 Å². The van der Waals surface area contributed by atoms with Gasteiger partial charge in [-0.2, -0.15) is 0 Å². The zero-order chi connectivity index (χ0) is 24.2. The van der Waals surface area contributed by atoms with Gasteiger partial charge in [0.1, 0.15) is 6.54 Å². The second-order valence-electron chi connectivity index (χ2n) is 7.18. The van der Waals surface area contributed by atoms with E-state index in [1.807, 2.05) is 6.92 Å². The molecule has 3 rings (SSSR count). The Kier molecular flexibility index (Phi) is 7.63. The number of carboxylic acid groups (broad SMARTS) is 1. The molecule has 0 saturated carbocycles. The van der Waals surface area contributed by atoms with Crippen LogP contribution in [0.1, 0.15) is 21.5 Å². The van der Waals surface area contributed by atoms with Gasteiger partial charge in [0.05, 0.1) is 26.2 Å². The van der Waals surface area contributed by atoms with Crippen molar-refractivity contribution in [1.29, 1.82) is 0 Å². The zero-order valence-electron chi connectivity index (χ0n) is 17.5. The Labute approximate surface area is 201 Å². The van der Waals surface area contributed by atoms with Gasteiger partial charge in [-0.25, -0.2) is 13.2 Å². The smallest absolute Gasteiger partial charge is 0.335 e. The molecule has 0 aliphatic heterocycles. The maximum Gasteiger partial charge on any atom is 0.335 e. The van der Waals surface area contributed by atoms with Gasteiger partial charge in [0.2, 0.25) is 5.91 Å². The van der Waals surface area contributed by atoms with Crippen LogP contribution < -0.4 is 9.62 Å². The van der Waals surface area contributed by atoms with Gasteiger partial charge in [0, 0.05) is 6.54 Å². The molecule has 0 atom stereocenters. The molecule has 3 aromatic rings. The van der Waals surface area contributed by atoms with Crippen molar-refractivity contribution in [3.8, 4) is 0 Å². The number of hydrogen-bond acceptors (Lipinski definition) is 4. The predicted octanol–water partition coefficient (Wildman–Crippen LogP) is 4.51. The first-order valence-corrected chi connectivity index (χ1v) is 11.9. The molecule has 2 N–H and O–H groups in total. The summed E-state index contributed by atoms with van der Waals surface area (Å²) < 4.78 is 27.7. The third-order valence-corrected chi connectivity index (χ3v) is 7.34. The monoisotopic (exact) mass is 506 g/mol. The van der Waals surface area contributed by atoms with Crippen LogP contribution in [0.5, 0.6) is 0 Å². The Morgan fingerprint density at radius 3 is 2.33 bits per heavy atom. The number of nitrogens with zero attached hydrogens (tertiary/aromatic N) is 1. The van der Waals surface area contributed by atoms with E-state index in [4.69, 9.17) is 28.3 Å². The molecule has 7 nitrogen and oxygen atoms in total. The van der Waals surface area contributed by atoms with E-state index in [1.165, 1.54) is 42.5 Å². The Bertz CT molecular complexity index is 1290. The first-order valence-electron chi connectivity index (χ1n) is 9.72. The van der Waals surface area contributed by atoms with Crippen molar-refractivity contribution in [2.24, 2.45) is 0 Å². The van der Waals surface area contributed by atoms with Crippen molar-refractivity contribution in [3.63, 3.8) is 0 Å². The van der Waals surface area contributed by atoms with Crippen LogP contribution in [0, 0.1) is 6.92 Å². The number of aryl methyl sites for hydroxylation is 1. The summed E-state index contributed by atoms with van der Waals surface area (Å²) in [5.41, 5.74) is 1.57. The minimum Gasteiger partial charge on any atom is -0.478 e. The third-order valence-electron chi connectivity index (χ3n) is 4.76. The van der Waals surface area contributed by atoms with Gasteiger partial charge in [0.25, 0.3) is 10.0 Å². The van der Waals surface area contributed by atoms with Crippen LogP contribution >= 0.6 is 23.2 Å². The van der Waals surface area contributed by atoms with Gasteiger partial charge in [0.15, 0.2) is 0 Å². The van der Waals surface area contributed by atoms with Crippen LogP contribution in [0.25, 0.3) is 0 Å². The minimum atomic E-state index is -4.15. The molecule has 0 heterocycles. The molecular formula is C23H20Cl2N2O5S. The average Bonchev–Trinajstić information content (AvgIpc) is 2.78. The molecule has 0 aromatic heterocycles. The number of benzene rings is 3. The van der Waals surface area contributed by atoms with Gasteiger partial charge >= 0.3 is 5.97 Å². The summed E-state index contributed by atoms with van der Waals surface area (Å²) in [7, 11) is -4.15. The second-order valence-corrected chi connectivity index (χ2v) is 9.83. The van der Waals surface area contributed by atoms with Crippen molar-refractivity contribution in [2.45, 2.75) is 18.4 Å². The van der Waals surface area contributed by atoms with Crippen LogP contribution in [0.3, 0.4) is 0 Å². The molecule has 0 radical (unpaired) electrons. The molecule has 0 bridgehead atoms. The highest BCUT2D eigenvalue weighted by molar-refractivity contribution is 7.92. The second kappa shape index (κ2) is 10.2. The first-order chi connectivity index (χ1) is 15.6. The van der Waals surface area contributed by atoms with Gasteiger partial charge in [-0.05, 0) is 48.9 Å². The number of aromatic carboxylic acids is 1. The molecule has 3 aromatic carbocycles. The summed E-state index contributed by atoms with van der Waals surface area (Å²) in [5.74, 6) is -1.70. The largest absolute Gasteiger partial charge is 0.478 e. The van der Waals surface area contributed by atoms with Crippen LogP contribution in [0.4, 0.5) is 5.69 Å². The van der Waals surface area contributed by atoms with Gasteiger partial charge in [-0.15, -0.1) is 0 Å². The Balaban J connectivity index is 1.89. The molecule has 0 fully saturated rings. The lowest BCUT2D eigenvalue weighted by atomic mass is 10.1. The number of hydrogen-bond donors (Lipinski definition) is 2. The van der Waals surface area contributed by atoms with Crippen LogP contribution in [-0.2, 0) is 21.4 Å². The highest BCUT2D eigenvalue weighted by Gasteiger charge is 2.29. The number of rotatable bonds is 8. The van der Waals surface area contributed by atoms with Crippen molar-refractivity contribution in [2.75, 3.05) is 10.8 Å². The number of anilines is 1. The molecule has 1 amide bonds. The fourth-order valence-electron chi connectivity index (χ4n) is 3.02. The molecule has 10 heteroatoms. The highest BCUT2D eigenvalue weighted by atomic mass is 35.5. The van der Waals surface area contributed by atoms with Gasteiger partial charge < -0.3 is 10.4 Å². The molecule has 0 aliphatic rings. The summed E-state index contributed by atoms with van der Waals surface area (Å²) in [4.78, 5) is 23.9. The topological polar surface area (TPSA) is 104 Å². The average molecular weight is 507 g/mol. The molecule has 0 spiro atoms. The normalized spacial score (nSPS) is 11.1. The summed E-state index contributed by atoms with van der Waals surface area (Å²) in [6.45, 7) is 1.28. The van der Waals surface area contributed by atoms with Crippen molar-refractivity contribution >= 4 is 50.8 Å². The molecule has 0 saturated heterocycles. The number of halogens is 2. The standard InChI is InChI=1S/C23H20Cl2N2O5S/c1-15-8-10-18(11-9-15)33(31,32)27(20-7-3-6-19(24)22(20)25)14-21(28)26-13-16-4-2-5-17(12-16)23(29)30/h2-12H,13-14H2,1H3,(H,26,28)(H,29,30). The van der Waals surface area contributed by atoms with E-state index in [-0.39, 0.29) is 32.7 Å². The number of amides is 1. The van der Waals surface area contributed by atoms with Gasteiger partial charge in [-0.1, -0.05) is 59.1 Å². The van der Waals surface area contributed by atoms with Crippen LogP contribution in [0.15, 0.2) is 71.6 Å². The lowest BCUT2D eigenvalue weighted by molar-refractivity contribution is -0.119. The summed E-state index contributed by atoms with van der Waals surface area (Å²) >= 11 is 12.4. The Morgan fingerprint density at radius 2 is 1.67 bits per heavy atom. The molecule has 172 valence electrons. The maximum atomic E-state index is 13.4. The number of nitrogens with one attached hydrogen (secondary N) is 1. The number of carbonyl (C=O) groups is 2. The molecular weight excluding hydrogens is 487 g/mol. The van der Waals surface area contributed by atoms with Crippen LogP contribution in [-0.4, -0.2) is 31.9 Å². The lowest BCUT2D eigenvalue weighted by Crippen LogP contribution is -2.40. The number of carbonyl (C=O) groups excluding carboxylic acids is 1. The van der Waals surface area contributed by atoms with Crippen molar-refractivity contribution in [3.05, 3.63) is 93.5 Å². The van der Waals surface area contributed by atoms with Gasteiger partial charge in [-0.3, -0.25) is 9.10 Å². The summed E-state index contributed by atoms with van der Waals surface area (Å²) in [5, 5.41) is 11.9. The predicted molar refractivity (Wildman–Crippen MR) is 127 cm³/mol. The fourth-order valence-corrected chi connectivity index (χ4v) is 4.90. The maximum absolute atomic E-state index is 13.4. The van der Waals surface area contributed by atoms with E-state index in [2.05, 4.69) is 5.32 Å². The number of carboxylic acids is 1. The third kappa shape index (κ3) is 5.84. The molecule has 33 heavy (non-hydrogen) atoms. The summed E-state index contributed by atoms with van der Waals surface area (Å²) in [6.07, 6.45) is 0. The van der Waals surface area contributed by atoms with Crippen LogP contribution in [0.2, 0.25) is 10.0 Å². The minimum absolute atomic E-state index is 0.00295. The zero-order valence-corrected chi connectivity index (χ0v) is 19.8. The Hall–Kier alpha value is -3.07. The van der Waals surface area contributed by atoms with E-state index in [0.717, 1.165) is 9.87 Å². The fraction of sp³-hybridized carbons (Fsp3) is 0.130. The lowest BCUT2D eigenvalue weighted by Gasteiger charge is -2.25.